The molecule has 0 saturated heterocycles. The van der Waals surface area contributed by atoms with E-state index in [1.54, 1.807) is 34.0 Å². The molecule has 0 bridgehead atoms. The normalized spacial score (nSPS) is 11.8. The highest BCUT2D eigenvalue weighted by Gasteiger charge is 2.19. The summed E-state index contributed by atoms with van der Waals surface area (Å²) in [4.78, 5) is 29.0. The molecule has 6 heteroatoms. The summed E-state index contributed by atoms with van der Waals surface area (Å²) in [6, 6.07) is 0.957. The van der Waals surface area contributed by atoms with Crippen molar-refractivity contribution in [1.82, 2.24) is 15.2 Å². The molecule has 2 amide bonds. The van der Waals surface area contributed by atoms with E-state index in [0.717, 1.165) is 0 Å². The molecule has 3 N–H and O–H groups in total. The molecule has 18 heavy (non-hydrogen) atoms. The van der Waals surface area contributed by atoms with E-state index in [1.165, 1.54) is 11.1 Å². The largest absolute Gasteiger partial charge is 0.397 e. The Balaban J connectivity index is 2.83. The molecule has 0 saturated carbocycles. The Morgan fingerprint density at radius 3 is 2.61 bits per heavy atom. The van der Waals surface area contributed by atoms with Crippen LogP contribution in [-0.4, -0.2) is 41.8 Å². The number of likely N-dealkylation sites (N-methyl/N-ethyl adjacent to an activating group) is 1. The van der Waals surface area contributed by atoms with Crippen molar-refractivity contribution in [1.29, 1.82) is 0 Å². The lowest BCUT2D eigenvalue weighted by Crippen LogP contribution is -2.44. The monoisotopic (exact) mass is 250 g/mol. The molecule has 1 atom stereocenters. The van der Waals surface area contributed by atoms with Crippen molar-refractivity contribution >= 4 is 17.5 Å². The Morgan fingerprint density at radius 2 is 2.06 bits per heavy atom. The number of hydrogen-bond donors (Lipinski definition) is 2. The number of hydrogen-bond acceptors (Lipinski definition) is 4. The van der Waals surface area contributed by atoms with Crippen LogP contribution in [-0.2, 0) is 4.79 Å². The summed E-state index contributed by atoms with van der Waals surface area (Å²) in [6.07, 6.45) is 1.49. The van der Waals surface area contributed by atoms with Crippen molar-refractivity contribution in [2.24, 2.45) is 0 Å². The van der Waals surface area contributed by atoms with Crippen LogP contribution >= 0.6 is 0 Å². The second-order valence-electron chi connectivity index (χ2n) is 4.33. The van der Waals surface area contributed by atoms with E-state index >= 15 is 0 Å². The molecule has 0 radical (unpaired) electrons. The molecular weight excluding hydrogens is 232 g/mol. The van der Waals surface area contributed by atoms with Crippen LogP contribution in [0.25, 0.3) is 0 Å². The first-order valence-electron chi connectivity index (χ1n) is 5.57. The number of carbonyl (C=O) groups is 2. The number of nitrogens with one attached hydrogen (secondary N) is 1. The number of anilines is 1. The number of rotatable bonds is 3. The molecule has 1 unspecified atom stereocenters. The maximum absolute atomic E-state index is 12.0. The quantitative estimate of drug-likeness (QED) is 0.801. The molecule has 6 nitrogen and oxygen atoms in total. The van der Waals surface area contributed by atoms with Gasteiger partial charge in [0.25, 0.3) is 5.91 Å². The van der Waals surface area contributed by atoms with Gasteiger partial charge in [0.2, 0.25) is 5.91 Å². The zero-order chi connectivity index (χ0) is 13.9. The van der Waals surface area contributed by atoms with Gasteiger partial charge in [-0.25, -0.2) is 0 Å². The Morgan fingerprint density at radius 1 is 1.44 bits per heavy atom. The van der Waals surface area contributed by atoms with Crippen LogP contribution in [0.4, 0.5) is 5.69 Å². The molecule has 0 fully saturated rings. The van der Waals surface area contributed by atoms with Crippen LogP contribution in [0.3, 0.4) is 0 Å². The number of amides is 2. The number of pyridine rings is 1. The fourth-order valence-electron chi connectivity index (χ4n) is 1.50. The molecule has 98 valence electrons. The average molecular weight is 250 g/mol. The number of nitrogens with zero attached hydrogens (tertiary/aromatic N) is 2. The van der Waals surface area contributed by atoms with E-state index in [9.17, 15) is 9.59 Å². The average Bonchev–Trinajstić information content (AvgIpc) is 2.30. The van der Waals surface area contributed by atoms with Gasteiger partial charge in [-0.2, -0.15) is 0 Å². The van der Waals surface area contributed by atoms with Crippen molar-refractivity contribution in [2.45, 2.75) is 19.9 Å². The summed E-state index contributed by atoms with van der Waals surface area (Å²) in [5.74, 6) is -0.520. The molecule has 0 aromatic carbocycles. The summed E-state index contributed by atoms with van der Waals surface area (Å²) in [6.45, 7) is 3.35. The molecule has 1 rings (SSSR count). The maximum atomic E-state index is 12.0. The molecule has 1 aromatic rings. The molecular formula is C12H18N4O2. The second-order valence-corrected chi connectivity index (χ2v) is 4.33. The first kappa shape index (κ1) is 14.0. The Kier molecular flexibility index (Phi) is 4.25. The predicted octanol–water partition coefficient (Wildman–Crippen LogP) is 0.179. The van der Waals surface area contributed by atoms with E-state index in [-0.39, 0.29) is 11.8 Å². The minimum Gasteiger partial charge on any atom is -0.397 e. The van der Waals surface area contributed by atoms with Gasteiger partial charge in [-0.3, -0.25) is 14.6 Å². The van der Waals surface area contributed by atoms with Gasteiger partial charge < -0.3 is 16.0 Å². The number of carbonyl (C=O) groups excluding carboxylic acids is 2. The van der Waals surface area contributed by atoms with Crippen LogP contribution in [0, 0.1) is 6.92 Å². The summed E-state index contributed by atoms with van der Waals surface area (Å²) in [5, 5.41) is 2.62. The van der Waals surface area contributed by atoms with Crippen LogP contribution in [0.5, 0.6) is 0 Å². The standard InChI is InChI=1S/C12H18N4O2/c1-7-10(5-9(13)6-14-7)11(17)15-8(2)12(18)16(3)4/h5-6,8H,13H2,1-4H3,(H,15,17). The zero-order valence-electron chi connectivity index (χ0n) is 11.0. The van der Waals surface area contributed by atoms with E-state index in [0.29, 0.717) is 16.9 Å². The maximum Gasteiger partial charge on any atom is 0.253 e. The third kappa shape index (κ3) is 3.19. The summed E-state index contributed by atoms with van der Waals surface area (Å²) < 4.78 is 0. The van der Waals surface area contributed by atoms with Crippen molar-refractivity contribution in [3.8, 4) is 0 Å². The lowest BCUT2D eigenvalue weighted by molar-refractivity contribution is -0.130. The predicted molar refractivity (Wildman–Crippen MR) is 69.0 cm³/mol. The van der Waals surface area contributed by atoms with Crippen LogP contribution in [0.1, 0.15) is 23.0 Å². The van der Waals surface area contributed by atoms with E-state index in [1.807, 2.05) is 0 Å². The molecule has 1 aromatic heterocycles. The van der Waals surface area contributed by atoms with Gasteiger partial charge in [0.15, 0.2) is 0 Å². The van der Waals surface area contributed by atoms with Gasteiger partial charge >= 0.3 is 0 Å². The first-order valence-corrected chi connectivity index (χ1v) is 5.57. The van der Waals surface area contributed by atoms with Crippen LogP contribution in [0.15, 0.2) is 12.3 Å². The van der Waals surface area contributed by atoms with Crippen LogP contribution < -0.4 is 11.1 Å². The van der Waals surface area contributed by atoms with Gasteiger partial charge in [0.05, 0.1) is 23.1 Å². The van der Waals surface area contributed by atoms with E-state index in [4.69, 9.17) is 5.73 Å². The van der Waals surface area contributed by atoms with Crippen LogP contribution in [0.2, 0.25) is 0 Å². The molecule has 0 aliphatic heterocycles. The third-order valence-corrected chi connectivity index (χ3v) is 2.51. The van der Waals surface area contributed by atoms with Gasteiger partial charge in [0.1, 0.15) is 6.04 Å². The topological polar surface area (TPSA) is 88.3 Å². The summed E-state index contributed by atoms with van der Waals surface area (Å²) in [5.41, 5.74) is 6.96. The van der Waals surface area contributed by atoms with Crippen molar-refractivity contribution < 1.29 is 9.59 Å². The van der Waals surface area contributed by atoms with E-state index < -0.39 is 6.04 Å². The van der Waals surface area contributed by atoms with Gasteiger partial charge in [-0.15, -0.1) is 0 Å². The fourth-order valence-corrected chi connectivity index (χ4v) is 1.50. The van der Waals surface area contributed by atoms with Crippen molar-refractivity contribution in [3.63, 3.8) is 0 Å². The minimum absolute atomic E-state index is 0.169. The molecule has 0 aliphatic rings. The van der Waals surface area contributed by atoms with Crippen molar-refractivity contribution in [2.75, 3.05) is 19.8 Å². The summed E-state index contributed by atoms with van der Waals surface area (Å²) in [7, 11) is 3.27. The molecule has 0 spiro atoms. The van der Waals surface area contributed by atoms with E-state index in [2.05, 4.69) is 10.3 Å². The Labute approximate surface area is 106 Å². The smallest absolute Gasteiger partial charge is 0.253 e. The summed E-state index contributed by atoms with van der Waals surface area (Å²) >= 11 is 0. The number of nitrogen functional groups attached to an aromatic ring is 1. The Hall–Kier alpha value is -2.11. The van der Waals surface area contributed by atoms with Gasteiger partial charge in [0, 0.05) is 14.1 Å². The fraction of sp³-hybridized carbons (Fsp3) is 0.417. The number of aromatic nitrogens is 1. The lowest BCUT2D eigenvalue weighted by Gasteiger charge is -2.18. The highest BCUT2D eigenvalue weighted by atomic mass is 16.2. The molecule has 1 heterocycles. The minimum atomic E-state index is -0.590. The highest BCUT2D eigenvalue weighted by molar-refractivity contribution is 5.98. The van der Waals surface area contributed by atoms with Gasteiger partial charge in [-0.1, -0.05) is 0 Å². The lowest BCUT2D eigenvalue weighted by atomic mass is 10.1. The number of aryl methyl sites for hydroxylation is 1. The second kappa shape index (κ2) is 5.48. The zero-order valence-corrected chi connectivity index (χ0v) is 11.0. The molecule has 0 aliphatic carbocycles. The van der Waals surface area contributed by atoms with Gasteiger partial charge in [-0.05, 0) is 19.9 Å². The first-order chi connectivity index (χ1) is 8.32. The third-order valence-electron chi connectivity index (χ3n) is 2.51. The SMILES string of the molecule is Cc1ncc(N)cc1C(=O)NC(C)C(=O)N(C)C. The highest BCUT2D eigenvalue weighted by Crippen LogP contribution is 2.09. The number of nitrogens with two attached hydrogens (primary N) is 1. The van der Waals surface area contributed by atoms with Crippen molar-refractivity contribution in [3.05, 3.63) is 23.5 Å². The Bertz CT molecular complexity index is 471.